The minimum atomic E-state index is -0.273. The van der Waals surface area contributed by atoms with Gasteiger partial charge in [-0.15, -0.1) is 0 Å². The van der Waals surface area contributed by atoms with Crippen LogP contribution in [0.1, 0.15) is 20.3 Å². The SMILES string of the molecule is CC1(C)C=CC=CC(O)C1. The predicted molar refractivity (Wildman–Crippen MR) is 42.7 cm³/mol. The summed E-state index contributed by atoms with van der Waals surface area (Å²) in [5.74, 6) is 0. The number of allylic oxidation sites excluding steroid dienone is 3. The van der Waals surface area contributed by atoms with Crippen molar-refractivity contribution < 1.29 is 5.11 Å². The van der Waals surface area contributed by atoms with Crippen LogP contribution in [-0.4, -0.2) is 11.2 Å². The van der Waals surface area contributed by atoms with E-state index in [1.54, 1.807) is 0 Å². The topological polar surface area (TPSA) is 20.2 Å². The van der Waals surface area contributed by atoms with Gasteiger partial charge in [-0.3, -0.25) is 0 Å². The van der Waals surface area contributed by atoms with Crippen LogP contribution in [0.15, 0.2) is 24.3 Å². The zero-order chi connectivity index (χ0) is 7.61. The minimum absolute atomic E-state index is 0.142. The first-order valence-electron chi connectivity index (χ1n) is 3.64. The highest BCUT2D eigenvalue weighted by Gasteiger charge is 2.18. The highest BCUT2D eigenvalue weighted by atomic mass is 16.3. The maximum Gasteiger partial charge on any atom is 0.0732 e. The minimum Gasteiger partial charge on any atom is -0.389 e. The smallest absolute Gasteiger partial charge is 0.0732 e. The van der Waals surface area contributed by atoms with E-state index in [2.05, 4.69) is 19.9 Å². The summed E-state index contributed by atoms with van der Waals surface area (Å²) in [6, 6.07) is 0. The summed E-state index contributed by atoms with van der Waals surface area (Å²) < 4.78 is 0. The second kappa shape index (κ2) is 2.59. The first-order chi connectivity index (χ1) is 4.60. The van der Waals surface area contributed by atoms with Crippen LogP contribution in [0.2, 0.25) is 0 Å². The zero-order valence-electron chi connectivity index (χ0n) is 6.54. The fourth-order valence-electron chi connectivity index (χ4n) is 1.18. The zero-order valence-corrected chi connectivity index (χ0v) is 6.54. The van der Waals surface area contributed by atoms with E-state index in [0.717, 1.165) is 6.42 Å². The number of hydrogen-bond donors (Lipinski definition) is 1. The molecule has 0 saturated heterocycles. The van der Waals surface area contributed by atoms with Gasteiger partial charge in [-0.2, -0.15) is 0 Å². The van der Waals surface area contributed by atoms with E-state index >= 15 is 0 Å². The van der Waals surface area contributed by atoms with Crippen molar-refractivity contribution >= 4 is 0 Å². The van der Waals surface area contributed by atoms with Gasteiger partial charge in [-0.25, -0.2) is 0 Å². The van der Waals surface area contributed by atoms with Gasteiger partial charge in [0.2, 0.25) is 0 Å². The Morgan fingerprint density at radius 3 is 2.80 bits per heavy atom. The molecule has 1 rings (SSSR count). The largest absolute Gasteiger partial charge is 0.389 e. The molecule has 1 N–H and O–H groups in total. The molecule has 1 unspecified atom stereocenters. The van der Waals surface area contributed by atoms with Gasteiger partial charge in [0.05, 0.1) is 6.10 Å². The molecule has 1 nitrogen and oxygen atoms in total. The molecule has 0 radical (unpaired) electrons. The molecule has 0 fully saturated rings. The van der Waals surface area contributed by atoms with E-state index in [1.165, 1.54) is 0 Å². The Labute approximate surface area is 62.1 Å². The molecular formula is C9H14O. The highest BCUT2D eigenvalue weighted by molar-refractivity contribution is 5.13. The van der Waals surface area contributed by atoms with Gasteiger partial charge in [0.1, 0.15) is 0 Å². The standard InChI is InChI=1S/C9H14O/c1-9(2)6-4-3-5-8(10)7-9/h3-6,8,10H,7H2,1-2H3. The Kier molecular flexibility index (Phi) is 1.95. The normalized spacial score (nSPS) is 30.1. The van der Waals surface area contributed by atoms with Crippen molar-refractivity contribution in [2.24, 2.45) is 5.41 Å². The monoisotopic (exact) mass is 138 g/mol. The Morgan fingerprint density at radius 1 is 1.40 bits per heavy atom. The molecule has 1 atom stereocenters. The lowest BCUT2D eigenvalue weighted by Crippen LogP contribution is -2.15. The molecule has 0 aromatic carbocycles. The fraction of sp³-hybridized carbons (Fsp3) is 0.556. The maximum absolute atomic E-state index is 9.30. The molecule has 0 heterocycles. The molecule has 0 aliphatic heterocycles. The lowest BCUT2D eigenvalue weighted by molar-refractivity contribution is 0.175. The van der Waals surface area contributed by atoms with Gasteiger partial charge in [-0.1, -0.05) is 38.2 Å². The Bertz CT molecular complexity index is 166. The second-order valence-electron chi connectivity index (χ2n) is 3.50. The molecule has 56 valence electrons. The Hall–Kier alpha value is -0.560. The first-order valence-corrected chi connectivity index (χ1v) is 3.64. The molecule has 0 bridgehead atoms. The molecule has 10 heavy (non-hydrogen) atoms. The fourth-order valence-corrected chi connectivity index (χ4v) is 1.18. The third-order valence-electron chi connectivity index (χ3n) is 1.73. The maximum atomic E-state index is 9.30. The van der Waals surface area contributed by atoms with Gasteiger partial charge in [0.15, 0.2) is 0 Å². The van der Waals surface area contributed by atoms with Crippen LogP contribution in [0.25, 0.3) is 0 Å². The van der Waals surface area contributed by atoms with Crippen molar-refractivity contribution in [3.8, 4) is 0 Å². The summed E-state index contributed by atoms with van der Waals surface area (Å²) in [4.78, 5) is 0. The molecule has 1 heteroatoms. The molecule has 0 aromatic heterocycles. The van der Waals surface area contributed by atoms with Crippen molar-refractivity contribution in [2.45, 2.75) is 26.4 Å². The van der Waals surface area contributed by atoms with E-state index in [0.29, 0.717) is 0 Å². The number of aliphatic hydroxyl groups excluding tert-OH is 1. The van der Waals surface area contributed by atoms with Crippen molar-refractivity contribution in [3.05, 3.63) is 24.3 Å². The van der Waals surface area contributed by atoms with Crippen LogP contribution in [0.5, 0.6) is 0 Å². The third kappa shape index (κ3) is 1.99. The molecule has 1 aliphatic carbocycles. The Morgan fingerprint density at radius 2 is 2.10 bits per heavy atom. The average molecular weight is 138 g/mol. The number of aliphatic hydroxyl groups is 1. The lowest BCUT2D eigenvalue weighted by Gasteiger charge is -2.20. The van der Waals surface area contributed by atoms with Crippen LogP contribution in [-0.2, 0) is 0 Å². The van der Waals surface area contributed by atoms with Gasteiger partial charge in [0, 0.05) is 0 Å². The summed E-state index contributed by atoms with van der Waals surface area (Å²) in [6.07, 6.45) is 8.39. The first kappa shape index (κ1) is 7.55. The number of rotatable bonds is 0. The van der Waals surface area contributed by atoms with E-state index in [-0.39, 0.29) is 11.5 Å². The molecular weight excluding hydrogens is 124 g/mol. The van der Waals surface area contributed by atoms with E-state index < -0.39 is 0 Å². The van der Waals surface area contributed by atoms with Crippen LogP contribution >= 0.6 is 0 Å². The van der Waals surface area contributed by atoms with Gasteiger partial charge >= 0.3 is 0 Å². The lowest BCUT2D eigenvalue weighted by atomic mass is 9.87. The summed E-state index contributed by atoms with van der Waals surface area (Å²) >= 11 is 0. The Balaban J connectivity index is 2.69. The summed E-state index contributed by atoms with van der Waals surface area (Å²) in [7, 11) is 0. The van der Waals surface area contributed by atoms with Crippen LogP contribution in [0.4, 0.5) is 0 Å². The van der Waals surface area contributed by atoms with Crippen LogP contribution in [0, 0.1) is 5.41 Å². The highest BCUT2D eigenvalue weighted by Crippen LogP contribution is 2.26. The predicted octanol–water partition coefficient (Wildman–Crippen LogP) is 1.89. The van der Waals surface area contributed by atoms with Crippen molar-refractivity contribution in [1.29, 1.82) is 0 Å². The molecule has 0 spiro atoms. The van der Waals surface area contributed by atoms with Crippen molar-refractivity contribution in [2.75, 3.05) is 0 Å². The quantitative estimate of drug-likeness (QED) is 0.542. The molecule has 0 amide bonds. The average Bonchev–Trinajstić information content (AvgIpc) is 1.90. The van der Waals surface area contributed by atoms with Crippen molar-refractivity contribution in [3.63, 3.8) is 0 Å². The van der Waals surface area contributed by atoms with E-state index in [9.17, 15) is 5.11 Å². The second-order valence-corrected chi connectivity index (χ2v) is 3.50. The molecule has 0 saturated carbocycles. The summed E-state index contributed by atoms with van der Waals surface area (Å²) in [5.41, 5.74) is 0.142. The summed E-state index contributed by atoms with van der Waals surface area (Å²) in [6.45, 7) is 4.25. The van der Waals surface area contributed by atoms with Gasteiger partial charge in [0.25, 0.3) is 0 Å². The van der Waals surface area contributed by atoms with Gasteiger partial charge in [-0.05, 0) is 11.8 Å². The third-order valence-corrected chi connectivity index (χ3v) is 1.73. The van der Waals surface area contributed by atoms with E-state index in [4.69, 9.17) is 0 Å². The van der Waals surface area contributed by atoms with Crippen LogP contribution < -0.4 is 0 Å². The van der Waals surface area contributed by atoms with Crippen LogP contribution in [0.3, 0.4) is 0 Å². The van der Waals surface area contributed by atoms with Crippen molar-refractivity contribution in [1.82, 2.24) is 0 Å². The number of hydrogen-bond acceptors (Lipinski definition) is 1. The molecule has 0 aromatic rings. The van der Waals surface area contributed by atoms with Gasteiger partial charge < -0.3 is 5.11 Å². The molecule has 1 aliphatic rings. The summed E-state index contributed by atoms with van der Waals surface area (Å²) in [5, 5.41) is 9.30. The van der Waals surface area contributed by atoms with E-state index in [1.807, 2.05) is 18.2 Å².